The van der Waals surface area contributed by atoms with Crippen molar-refractivity contribution in [2.24, 2.45) is 0 Å². The molecular weight excluding hydrogens is 292 g/mol. The normalized spacial score (nSPS) is 10.6. The van der Waals surface area contributed by atoms with Crippen LogP contribution in [-0.4, -0.2) is 48.3 Å². The smallest absolute Gasteiger partial charge is 0 e. The fraction of sp³-hybridized carbons (Fsp3) is 1.00. The summed E-state index contributed by atoms with van der Waals surface area (Å²) in [6.07, 6.45) is 11.7. The van der Waals surface area contributed by atoms with Crippen LogP contribution in [-0.2, 0) is 36.0 Å². The van der Waals surface area contributed by atoms with E-state index in [0.717, 1.165) is 12.8 Å². The van der Waals surface area contributed by atoms with Crippen LogP contribution in [0.25, 0.3) is 0 Å². The topological polar surface area (TPSA) is 54.4 Å². The molecule has 0 unspecified atom stereocenters. The number of rotatable bonds is 11. The summed E-state index contributed by atoms with van der Waals surface area (Å²) in [6.45, 7) is 2.22. The molecule has 0 fully saturated rings. The molecule has 0 rings (SSSR count). The zero-order valence-corrected chi connectivity index (χ0v) is 13.6. The summed E-state index contributed by atoms with van der Waals surface area (Å²) in [6, 6.07) is 0. The van der Waals surface area contributed by atoms with E-state index in [2.05, 4.69) is 6.92 Å². The van der Waals surface area contributed by atoms with Gasteiger partial charge in [0.15, 0.2) is 0 Å². The Morgan fingerprint density at radius 1 is 0.778 bits per heavy atom. The molecule has 0 amide bonds. The maximum absolute atomic E-state index is 10.4. The molecule has 6 heteroatoms. The van der Waals surface area contributed by atoms with Crippen LogP contribution in [0.5, 0.6) is 0 Å². The van der Waals surface area contributed by atoms with Crippen LogP contribution < -0.4 is 0 Å². The molecule has 1 radical (unpaired) electrons. The van der Waals surface area contributed by atoms with Crippen LogP contribution in [0.3, 0.4) is 0 Å². The Labute approximate surface area is 154 Å². The molecular formula is C12H27NaO3SSc. The first-order valence-corrected chi connectivity index (χ1v) is 8.12. The van der Waals surface area contributed by atoms with Gasteiger partial charge in [-0.2, -0.15) is 8.42 Å². The maximum Gasteiger partial charge on any atom is 0 e. The van der Waals surface area contributed by atoms with E-state index in [0.29, 0.717) is 6.42 Å². The van der Waals surface area contributed by atoms with Crippen LogP contribution in [0.15, 0.2) is 0 Å². The van der Waals surface area contributed by atoms with Crippen molar-refractivity contribution in [2.75, 3.05) is 5.75 Å². The standard InChI is InChI=1S/C12H26O3S.Na.Sc.H/c1-2-3-4-5-6-7-8-9-10-11-12-16(13,14)15;;;/h2-12H2,1H3,(H,13,14,15);;;. The van der Waals surface area contributed by atoms with Gasteiger partial charge in [0.05, 0.1) is 5.75 Å². The van der Waals surface area contributed by atoms with E-state index in [1.54, 1.807) is 0 Å². The molecule has 0 aliphatic carbocycles. The van der Waals surface area contributed by atoms with Gasteiger partial charge in [0.2, 0.25) is 0 Å². The first kappa shape index (κ1) is 24.8. The summed E-state index contributed by atoms with van der Waals surface area (Å²) in [5, 5.41) is 0. The molecule has 0 spiro atoms. The average molecular weight is 319 g/mol. The quantitative estimate of drug-likeness (QED) is 0.362. The van der Waals surface area contributed by atoms with Crippen LogP contribution >= 0.6 is 0 Å². The second-order valence-electron chi connectivity index (χ2n) is 4.47. The van der Waals surface area contributed by atoms with Crippen molar-refractivity contribution in [2.45, 2.75) is 71.1 Å². The monoisotopic (exact) mass is 319 g/mol. The minimum atomic E-state index is -3.73. The van der Waals surface area contributed by atoms with Crippen molar-refractivity contribution in [3.05, 3.63) is 0 Å². The Bertz CT molecular complexity index is 246. The molecule has 1 N–H and O–H groups in total. The van der Waals surface area contributed by atoms with Gasteiger partial charge in [-0.05, 0) is 6.42 Å². The van der Waals surface area contributed by atoms with Crippen molar-refractivity contribution in [1.29, 1.82) is 0 Å². The third kappa shape index (κ3) is 22.9. The van der Waals surface area contributed by atoms with Crippen molar-refractivity contribution in [1.82, 2.24) is 0 Å². The largest absolute Gasteiger partial charge is 0 e. The summed E-state index contributed by atoms with van der Waals surface area (Å²) in [4.78, 5) is 0. The molecule has 0 saturated heterocycles. The van der Waals surface area contributed by atoms with Crippen LogP contribution in [0, 0.1) is 0 Å². The molecule has 0 heterocycles. The fourth-order valence-corrected chi connectivity index (χ4v) is 2.34. The Balaban J connectivity index is -0.00000112. The van der Waals surface area contributed by atoms with E-state index >= 15 is 0 Å². The second kappa shape index (κ2) is 16.8. The van der Waals surface area contributed by atoms with Gasteiger partial charge in [0, 0.05) is 25.8 Å². The van der Waals surface area contributed by atoms with E-state index in [-0.39, 0.29) is 61.2 Å². The summed E-state index contributed by atoms with van der Waals surface area (Å²) < 4.78 is 29.4. The van der Waals surface area contributed by atoms with Gasteiger partial charge in [0.25, 0.3) is 10.1 Å². The Morgan fingerprint density at radius 2 is 1.11 bits per heavy atom. The molecule has 0 aromatic carbocycles. The van der Waals surface area contributed by atoms with Gasteiger partial charge in [-0.25, -0.2) is 0 Å². The zero-order chi connectivity index (χ0) is 12.3. The SMILES string of the molecule is CCCCCCCCCCCCS(=O)(=O)O.[NaH].[Sc]. The van der Waals surface area contributed by atoms with Gasteiger partial charge in [0.1, 0.15) is 0 Å². The van der Waals surface area contributed by atoms with Crippen LogP contribution in [0.4, 0.5) is 0 Å². The molecule has 18 heavy (non-hydrogen) atoms. The minimum Gasteiger partial charge on any atom is 0 e. The molecule has 103 valence electrons. The molecule has 0 bridgehead atoms. The van der Waals surface area contributed by atoms with Gasteiger partial charge in [-0.3, -0.25) is 4.55 Å². The molecule has 3 nitrogen and oxygen atoms in total. The first-order chi connectivity index (χ1) is 7.56. The molecule has 0 aromatic heterocycles. The van der Waals surface area contributed by atoms with Crippen molar-refractivity contribution in [3.63, 3.8) is 0 Å². The Kier molecular flexibility index (Phi) is 23.2. The number of hydrogen-bond acceptors (Lipinski definition) is 2. The number of hydrogen-bond donors (Lipinski definition) is 1. The predicted molar refractivity (Wildman–Crippen MR) is 75.4 cm³/mol. The maximum atomic E-state index is 10.4. The third-order valence-electron chi connectivity index (χ3n) is 2.76. The zero-order valence-electron chi connectivity index (χ0n) is 11.0. The van der Waals surface area contributed by atoms with E-state index in [1.807, 2.05) is 0 Å². The number of unbranched alkanes of at least 4 members (excludes halogenated alkanes) is 9. The van der Waals surface area contributed by atoms with Gasteiger partial charge in [-0.1, -0.05) is 64.7 Å². The van der Waals surface area contributed by atoms with Gasteiger partial charge >= 0.3 is 29.6 Å². The molecule has 0 saturated carbocycles. The van der Waals surface area contributed by atoms with E-state index in [9.17, 15) is 8.42 Å². The summed E-state index contributed by atoms with van der Waals surface area (Å²) in [5.74, 6) is -0.0799. The summed E-state index contributed by atoms with van der Waals surface area (Å²) in [5.41, 5.74) is 0. The first-order valence-electron chi connectivity index (χ1n) is 6.51. The summed E-state index contributed by atoms with van der Waals surface area (Å²) in [7, 11) is -3.73. The third-order valence-corrected chi connectivity index (χ3v) is 3.56. The Morgan fingerprint density at radius 3 is 1.44 bits per heavy atom. The van der Waals surface area contributed by atoms with Crippen molar-refractivity contribution in [3.8, 4) is 0 Å². The molecule has 0 aliphatic rings. The predicted octanol–water partition coefficient (Wildman–Crippen LogP) is 3.14. The molecule has 0 aliphatic heterocycles. The minimum absolute atomic E-state index is 0. The van der Waals surface area contributed by atoms with Gasteiger partial charge in [-0.15, -0.1) is 0 Å². The van der Waals surface area contributed by atoms with E-state index in [1.165, 1.54) is 44.9 Å². The van der Waals surface area contributed by atoms with Crippen molar-refractivity contribution < 1.29 is 38.8 Å². The molecule has 0 atom stereocenters. The van der Waals surface area contributed by atoms with E-state index in [4.69, 9.17) is 4.55 Å². The summed E-state index contributed by atoms with van der Waals surface area (Å²) >= 11 is 0. The van der Waals surface area contributed by atoms with Crippen molar-refractivity contribution >= 4 is 39.7 Å². The van der Waals surface area contributed by atoms with Crippen LogP contribution in [0.1, 0.15) is 71.1 Å². The van der Waals surface area contributed by atoms with Crippen LogP contribution in [0.2, 0.25) is 0 Å². The van der Waals surface area contributed by atoms with Gasteiger partial charge < -0.3 is 0 Å². The van der Waals surface area contributed by atoms with E-state index < -0.39 is 10.1 Å². The second-order valence-corrected chi connectivity index (χ2v) is 6.04. The fourth-order valence-electron chi connectivity index (χ4n) is 1.77. The average Bonchev–Trinajstić information content (AvgIpc) is 2.19. The Hall–Kier alpha value is 1.78. The molecule has 0 aromatic rings.